The Bertz CT molecular complexity index is 655. The van der Waals surface area contributed by atoms with Gasteiger partial charge in [0.1, 0.15) is 5.76 Å². The number of hydrogen-bond acceptors (Lipinski definition) is 4. The third kappa shape index (κ3) is 1.86. The fraction of sp³-hybridized carbons (Fsp3) is 0.632. The molecule has 3 fully saturated rings. The molecule has 24 heavy (non-hydrogen) atoms. The van der Waals surface area contributed by atoms with Gasteiger partial charge in [0.05, 0.1) is 7.11 Å². The first kappa shape index (κ1) is 16.4. The van der Waals surface area contributed by atoms with Crippen LogP contribution >= 0.6 is 15.9 Å². The van der Waals surface area contributed by atoms with Crippen molar-refractivity contribution in [2.24, 2.45) is 23.2 Å². The second-order valence-electron chi connectivity index (χ2n) is 7.36. The normalized spacial score (nSPS) is 44.5. The molecule has 2 saturated heterocycles. The zero-order valence-corrected chi connectivity index (χ0v) is 16.0. The van der Waals surface area contributed by atoms with E-state index in [1.54, 1.807) is 13.2 Å². The van der Waals surface area contributed by atoms with Crippen molar-refractivity contribution in [3.63, 3.8) is 0 Å². The topological polar surface area (TPSA) is 38.8 Å². The molecular weight excluding hydrogens is 370 g/mol. The van der Waals surface area contributed by atoms with Crippen LogP contribution in [-0.2, 0) is 14.3 Å². The van der Waals surface area contributed by atoms with E-state index in [4.69, 9.17) is 9.47 Å². The van der Waals surface area contributed by atoms with Gasteiger partial charge in [-0.3, -0.25) is 4.79 Å². The maximum atomic E-state index is 12.6. The quantitative estimate of drug-likeness (QED) is 0.642. The summed E-state index contributed by atoms with van der Waals surface area (Å²) in [5.41, 5.74) is -0.0597. The van der Waals surface area contributed by atoms with E-state index in [-0.39, 0.29) is 17.3 Å². The van der Waals surface area contributed by atoms with Crippen molar-refractivity contribution in [3.05, 3.63) is 35.8 Å². The van der Waals surface area contributed by atoms with E-state index in [0.29, 0.717) is 23.8 Å². The number of carbonyl (C=O) groups is 1. The summed E-state index contributed by atoms with van der Waals surface area (Å²) in [6.07, 6.45) is 10.1. The molecule has 0 radical (unpaired) electrons. The van der Waals surface area contributed by atoms with Crippen molar-refractivity contribution >= 4 is 21.7 Å². The molecule has 0 aromatic heterocycles. The van der Waals surface area contributed by atoms with E-state index in [1.165, 1.54) is 0 Å². The van der Waals surface area contributed by atoms with E-state index in [9.17, 15) is 4.79 Å². The van der Waals surface area contributed by atoms with Crippen LogP contribution in [0.2, 0.25) is 0 Å². The zero-order chi connectivity index (χ0) is 17.1. The largest absolute Gasteiger partial charge is 0.493 e. The summed E-state index contributed by atoms with van der Waals surface area (Å²) >= 11 is 2.94. The third-order valence-corrected chi connectivity index (χ3v) is 6.72. The maximum Gasteiger partial charge on any atom is 0.196 e. The molecule has 5 rings (SSSR count). The highest BCUT2D eigenvalue weighted by atomic mass is 79.9. The van der Waals surface area contributed by atoms with Crippen LogP contribution in [0.5, 0.6) is 0 Å². The van der Waals surface area contributed by atoms with Gasteiger partial charge in [0.15, 0.2) is 17.6 Å². The first-order valence-electron chi connectivity index (χ1n) is 8.60. The Morgan fingerprint density at radius 1 is 1.33 bits per heavy atom. The van der Waals surface area contributed by atoms with E-state index >= 15 is 0 Å². The van der Waals surface area contributed by atoms with Crippen molar-refractivity contribution in [2.45, 2.75) is 25.0 Å². The van der Waals surface area contributed by atoms with Crippen LogP contribution in [0.25, 0.3) is 0 Å². The summed E-state index contributed by atoms with van der Waals surface area (Å²) in [6, 6.07) is 0.513. The molecule has 4 nitrogen and oxygen atoms in total. The monoisotopic (exact) mass is 393 g/mol. The number of allylic oxidation sites excluding steroid dienone is 3. The second-order valence-corrected chi connectivity index (χ2v) is 7.36. The summed E-state index contributed by atoms with van der Waals surface area (Å²) < 4.78 is 11.8. The number of hydrogen-bond donors (Lipinski definition) is 0. The molecule has 0 N–H and O–H groups in total. The van der Waals surface area contributed by atoms with E-state index < -0.39 is 0 Å². The van der Waals surface area contributed by atoms with Gasteiger partial charge in [-0.15, -0.1) is 0 Å². The minimum Gasteiger partial charge on any atom is -0.493 e. The fourth-order valence-corrected chi connectivity index (χ4v) is 5.83. The number of alkyl halides is 1. The zero-order valence-electron chi connectivity index (χ0n) is 14.4. The van der Waals surface area contributed by atoms with Crippen LogP contribution in [-0.4, -0.2) is 49.4 Å². The van der Waals surface area contributed by atoms with Gasteiger partial charge in [-0.2, -0.15) is 0 Å². The van der Waals surface area contributed by atoms with Crippen LogP contribution < -0.4 is 0 Å². The Hall–Kier alpha value is -1.07. The Morgan fingerprint density at radius 2 is 2.12 bits per heavy atom. The molecule has 2 bridgehead atoms. The lowest BCUT2D eigenvalue weighted by Gasteiger charge is -2.59. The number of ether oxygens (including phenoxy) is 2. The Labute approximate surface area is 151 Å². The van der Waals surface area contributed by atoms with Crippen molar-refractivity contribution in [2.75, 3.05) is 26.5 Å². The first-order chi connectivity index (χ1) is 11.7. The van der Waals surface area contributed by atoms with Gasteiger partial charge >= 0.3 is 0 Å². The van der Waals surface area contributed by atoms with Gasteiger partial charge in [-0.05, 0) is 50.3 Å². The SMILES string of the molecule is CBr.COC1=C2O[C@H]3C(=O)C=C[C@H]4[C@H]5CC(C=C1)C2[C@@]34CCN5C. The average molecular weight is 394 g/mol. The van der Waals surface area contributed by atoms with Gasteiger partial charge in [0.2, 0.25) is 0 Å². The summed E-state index contributed by atoms with van der Waals surface area (Å²) in [7, 11) is 3.91. The summed E-state index contributed by atoms with van der Waals surface area (Å²) in [4.78, 5) is 15.0. The number of piperidine rings is 1. The first-order valence-corrected chi connectivity index (χ1v) is 10.2. The smallest absolute Gasteiger partial charge is 0.196 e. The number of likely N-dealkylation sites (tertiary alicyclic amines) is 1. The lowest BCUT2D eigenvalue weighted by Crippen LogP contribution is -2.64. The molecule has 0 aromatic carbocycles. The van der Waals surface area contributed by atoms with Gasteiger partial charge in [-0.1, -0.05) is 28.1 Å². The Kier molecular flexibility index (Phi) is 3.92. The molecule has 0 aromatic rings. The van der Waals surface area contributed by atoms with Gasteiger partial charge < -0.3 is 14.4 Å². The van der Waals surface area contributed by atoms with E-state index in [1.807, 2.05) is 11.9 Å². The Balaban J connectivity index is 0.000000704. The molecule has 2 heterocycles. The van der Waals surface area contributed by atoms with Crippen LogP contribution in [0.4, 0.5) is 0 Å². The molecule has 2 aliphatic heterocycles. The van der Waals surface area contributed by atoms with Crippen molar-refractivity contribution in [1.29, 1.82) is 0 Å². The van der Waals surface area contributed by atoms with Gasteiger partial charge in [0, 0.05) is 23.3 Å². The highest BCUT2D eigenvalue weighted by Crippen LogP contribution is 2.66. The average Bonchev–Trinajstić information content (AvgIpc) is 2.97. The summed E-state index contributed by atoms with van der Waals surface area (Å²) in [6.45, 7) is 1.05. The molecule has 130 valence electrons. The highest BCUT2D eigenvalue weighted by Gasteiger charge is 2.69. The lowest BCUT2D eigenvalue weighted by molar-refractivity contribution is -0.140. The standard InChI is InChI=1S/C18H21NO3.CH3Br/c1-19-8-7-18-11-4-5-13(20)17(18)22-16-14(21-2)6-3-10(15(16)18)9-12(11)19;1-2/h3-6,10-12,15,17H,7-9H2,1-2H3;1H3/t10?,11-,12+,15?,17-,18-;/m0./s1. The van der Waals surface area contributed by atoms with Gasteiger partial charge in [0.25, 0.3) is 0 Å². The molecular formula is C19H24BrNO3. The van der Waals surface area contributed by atoms with Crippen molar-refractivity contribution < 1.29 is 14.3 Å². The van der Waals surface area contributed by atoms with Crippen LogP contribution in [0.3, 0.4) is 0 Å². The molecule has 0 amide bonds. The number of nitrogens with zero attached hydrogens (tertiary/aromatic N) is 1. The van der Waals surface area contributed by atoms with Gasteiger partial charge in [-0.25, -0.2) is 0 Å². The summed E-state index contributed by atoms with van der Waals surface area (Å²) in [5.74, 6) is 4.88. The number of methoxy groups -OCH3 is 1. The van der Waals surface area contributed by atoms with Crippen LogP contribution in [0, 0.1) is 23.2 Å². The lowest BCUT2D eigenvalue weighted by atomic mass is 9.48. The predicted octanol–water partition coefficient (Wildman–Crippen LogP) is 2.91. The molecule has 2 unspecified atom stereocenters. The minimum atomic E-state index is -0.313. The van der Waals surface area contributed by atoms with E-state index in [0.717, 1.165) is 30.9 Å². The van der Waals surface area contributed by atoms with Crippen LogP contribution in [0.1, 0.15) is 12.8 Å². The molecule has 6 atom stereocenters. The number of carbonyl (C=O) groups excluding carboxylic acids is 1. The predicted molar refractivity (Wildman–Crippen MR) is 95.6 cm³/mol. The molecule has 1 saturated carbocycles. The van der Waals surface area contributed by atoms with Crippen molar-refractivity contribution in [3.8, 4) is 0 Å². The number of halogens is 1. The maximum absolute atomic E-state index is 12.6. The third-order valence-electron chi connectivity index (χ3n) is 6.72. The summed E-state index contributed by atoms with van der Waals surface area (Å²) in [5, 5.41) is 0. The second kappa shape index (κ2) is 5.73. The van der Waals surface area contributed by atoms with E-state index in [2.05, 4.69) is 40.0 Å². The number of ketones is 1. The molecule has 5 aliphatic rings. The molecule has 5 heteroatoms. The Morgan fingerprint density at radius 3 is 2.88 bits per heavy atom. The van der Waals surface area contributed by atoms with Crippen LogP contribution in [0.15, 0.2) is 35.8 Å². The number of rotatable bonds is 1. The molecule has 3 aliphatic carbocycles. The highest BCUT2D eigenvalue weighted by molar-refractivity contribution is 9.08. The fourth-order valence-electron chi connectivity index (χ4n) is 5.83. The minimum absolute atomic E-state index is 0.0597. The van der Waals surface area contributed by atoms with Crippen molar-refractivity contribution in [1.82, 2.24) is 4.90 Å². The molecule has 1 spiro atoms.